The van der Waals surface area contributed by atoms with Crippen LogP contribution in [0, 0.1) is 6.92 Å². The van der Waals surface area contributed by atoms with Crippen molar-refractivity contribution in [1.82, 2.24) is 10.2 Å². The molecule has 0 atom stereocenters. The van der Waals surface area contributed by atoms with Crippen LogP contribution in [0.3, 0.4) is 0 Å². The monoisotopic (exact) mass is 430 g/mol. The molecule has 2 aromatic carbocycles. The molecule has 160 valence electrons. The molecule has 0 bridgehead atoms. The molecule has 1 saturated heterocycles. The number of rotatable bonds is 6. The van der Waals surface area contributed by atoms with Crippen LogP contribution in [0.2, 0.25) is 0 Å². The van der Waals surface area contributed by atoms with Crippen LogP contribution in [-0.4, -0.2) is 46.6 Å². The molecule has 1 aliphatic rings. The van der Waals surface area contributed by atoms with Gasteiger partial charge in [0.15, 0.2) is 11.5 Å². The second kappa shape index (κ2) is 8.67. The van der Waals surface area contributed by atoms with Crippen molar-refractivity contribution in [3.63, 3.8) is 0 Å². The Bertz CT molecular complexity index is 1130. The Morgan fingerprint density at radius 2 is 1.97 bits per heavy atom. The second-order valence-corrected chi connectivity index (χ2v) is 9.04. The third-order valence-electron chi connectivity index (χ3n) is 5.24. The highest BCUT2D eigenvalue weighted by Gasteiger charge is 2.23. The maximum Gasteiger partial charge on any atom is 0.339 e. The van der Waals surface area contributed by atoms with Gasteiger partial charge in [0.25, 0.3) is 0 Å². The van der Waals surface area contributed by atoms with E-state index in [0.717, 1.165) is 49.1 Å². The van der Waals surface area contributed by atoms with Crippen LogP contribution < -0.4 is 14.2 Å². The van der Waals surface area contributed by atoms with E-state index in [1.807, 2.05) is 13.0 Å². The minimum atomic E-state index is -4.06. The Kier molecular flexibility index (Phi) is 5.99. The molecule has 0 saturated carbocycles. The summed E-state index contributed by atoms with van der Waals surface area (Å²) in [6, 6.07) is 10.2. The molecule has 8 heteroatoms. The highest BCUT2D eigenvalue weighted by Crippen LogP contribution is 2.32. The van der Waals surface area contributed by atoms with Crippen LogP contribution >= 0.6 is 0 Å². The third-order valence-corrected chi connectivity index (χ3v) is 6.45. The summed E-state index contributed by atoms with van der Waals surface area (Å²) in [4.78, 5) is 2.40. The van der Waals surface area contributed by atoms with Crippen LogP contribution in [-0.2, 0) is 16.7 Å². The number of ether oxygens (including phenoxy) is 1. The fourth-order valence-corrected chi connectivity index (χ4v) is 4.72. The molecule has 0 aliphatic carbocycles. The summed E-state index contributed by atoms with van der Waals surface area (Å²) in [6.45, 7) is 6.23. The van der Waals surface area contributed by atoms with Gasteiger partial charge in [-0.1, -0.05) is 6.07 Å². The number of fused-ring (bicyclic) bond motifs is 1. The second-order valence-electron chi connectivity index (χ2n) is 7.49. The van der Waals surface area contributed by atoms with Gasteiger partial charge in [-0.15, -0.1) is 0 Å². The smallest absolute Gasteiger partial charge is 0.339 e. The van der Waals surface area contributed by atoms with Crippen molar-refractivity contribution in [2.24, 2.45) is 0 Å². The van der Waals surface area contributed by atoms with E-state index in [1.165, 1.54) is 7.11 Å². The summed E-state index contributed by atoms with van der Waals surface area (Å²) >= 11 is 0. The van der Waals surface area contributed by atoms with E-state index in [-0.39, 0.29) is 10.6 Å². The Morgan fingerprint density at radius 1 is 1.10 bits per heavy atom. The maximum atomic E-state index is 13.1. The lowest BCUT2D eigenvalue weighted by molar-refractivity contribution is 0.284. The van der Waals surface area contributed by atoms with Crippen molar-refractivity contribution in [3.8, 4) is 11.5 Å². The number of aryl methyl sites for hydroxylation is 1. The molecule has 2 heterocycles. The van der Waals surface area contributed by atoms with Crippen LogP contribution in [0.1, 0.15) is 17.5 Å². The van der Waals surface area contributed by atoms with Crippen molar-refractivity contribution in [3.05, 3.63) is 53.8 Å². The van der Waals surface area contributed by atoms with Crippen LogP contribution in [0.4, 0.5) is 0 Å². The maximum absolute atomic E-state index is 13.1. The molecule has 1 aliphatic heterocycles. The number of hydrogen-bond acceptors (Lipinski definition) is 7. The fraction of sp³-hybridized carbons (Fsp3) is 0.364. The normalized spacial score (nSPS) is 15.8. The standard InChI is InChI=1S/C22H26N2O5S/c1-16-4-5-20(27-2)21(12-16)29-30(25,26)19-13-17-6-11-28-22(17)18(14-19)15-24-9-3-7-23-8-10-24/h4-6,11-14,23H,3,7-10,15H2,1-2H3. The predicted molar refractivity (Wildman–Crippen MR) is 115 cm³/mol. The minimum Gasteiger partial charge on any atom is -0.493 e. The van der Waals surface area contributed by atoms with Gasteiger partial charge in [0.05, 0.1) is 13.4 Å². The van der Waals surface area contributed by atoms with E-state index >= 15 is 0 Å². The molecule has 7 nitrogen and oxygen atoms in total. The zero-order valence-electron chi connectivity index (χ0n) is 17.2. The van der Waals surface area contributed by atoms with E-state index in [2.05, 4.69) is 10.2 Å². The lowest BCUT2D eigenvalue weighted by Gasteiger charge is -2.20. The summed E-state index contributed by atoms with van der Waals surface area (Å²) in [7, 11) is -2.57. The van der Waals surface area contributed by atoms with Crippen molar-refractivity contribution < 1.29 is 21.8 Å². The van der Waals surface area contributed by atoms with Gasteiger partial charge in [-0.25, -0.2) is 0 Å². The minimum absolute atomic E-state index is 0.0999. The van der Waals surface area contributed by atoms with E-state index < -0.39 is 10.1 Å². The molecule has 30 heavy (non-hydrogen) atoms. The largest absolute Gasteiger partial charge is 0.493 e. The zero-order chi connectivity index (χ0) is 21.1. The van der Waals surface area contributed by atoms with Gasteiger partial charge in [-0.2, -0.15) is 8.42 Å². The molecule has 0 spiro atoms. The van der Waals surface area contributed by atoms with Gasteiger partial charge in [-0.05, 0) is 62.3 Å². The van der Waals surface area contributed by atoms with Crippen molar-refractivity contribution in [2.45, 2.75) is 24.8 Å². The lowest BCUT2D eigenvalue weighted by atomic mass is 10.1. The topological polar surface area (TPSA) is 81.0 Å². The molecule has 1 aromatic heterocycles. The van der Waals surface area contributed by atoms with Crippen molar-refractivity contribution in [1.29, 1.82) is 0 Å². The van der Waals surface area contributed by atoms with E-state index in [4.69, 9.17) is 13.3 Å². The number of nitrogens with one attached hydrogen (secondary N) is 1. The molecule has 0 unspecified atom stereocenters. The lowest BCUT2D eigenvalue weighted by Crippen LogP contribution is -2.27. The number of hydrogen-bond donors (Lipinski definition) is 1. The van der Waals surface area contributed by atoms with Gasteiger partial charge < -0.3 is 18.7 Å². The Labute approximate surface area is 176 Å². The van der Waals surface area contributed by atoms with Gasteiger partial charge in [0.1, 0.15) is 10.5 Å². The van der Waals surface area contributed by atoms with E-state index in [0.29, 0.717) is 17.9 Å². The number of benzene rings is 2. The SMILES string of the molecule is COc1ccc(C)cc1OS(=O)(=O)c1cc(CN2CCCNCC2)c2occc2c1. The van der Waals surface area contributed by atoms with Gasteiger partial charge in [-0.3, -0.25) is 4.90 Å². The highest BCUT2D eigenvalue weighted by atomic mass is 32.2. The summed E-state index contributed by atoms with van der Waals surface area (Å²) < 4.78 is 42.6. The van der Waals surface area contributed by atoms with Crippen LogP contribution in [0.25, 0.3) is 11.0 Å². The van der Waals surface area contributed by atoms with Gasteiger partial charge in [0, 0.05) is 30.6 Å². The van der Waals surface area contributed by atoms with Gasteiger partial charge >= 0.3 is 10.1 Å². The first-order valence-electron chi connectivity index (χ1n) is 9.98. The summed E-state index contributed by atoms with van der Waals surface area (Å²) in [6.07, 6.45) is 2.63. The molecule has 0 radical (unpaired) electrons. The average molecular weight is 431 g/mol. The third kappa shape index (κ3) is 4.45. The van der Waals surface area contributed by atoms with Crippen molar-refractivity contribution >= 4 is 21.1 Å². The Morgan fingerprint density at radius 3 is 2.80 bits per heavy atom. The molecule has 4 rings (SSSR count). The number of methoxy groups -OCH3 is 1. The summed E-state index contributed by atoms with van der Waals surface area (Å²) in [5.41, 5.74) is 2.42. The number of furan rings is 1. The molecular weight excluding hydrogens is 404 g/mol. The first-order chi connectivity index (χ1) is 14.5. The van der Waals surface area contributed by atoms with E-state index in [1.54, 1.807) is 36.6 Å². The first-order valence-corrected chi connectivity index (χ1v) is 11.4. The quantitative estimate of drug-likeness (QED) is 0.601. The summed E-state index contributed by atoms with van der Waals surface area (Å²) in [5, 5.41) is 4.12. The first kappa shape index (κ1) is 20.7. The van der Waals surface area contributed by atoms with Crippen LogP contribution in [0.15, 0.2) is 52.0 Å². The Balaban J connectivity index is 1.69. The summed E-state index contributed by atoms with van der Waals surface area (Å²) in [5.74, 6) is 0.538. The number of nitrogens with zero attached hydrogens (tertiary/aromatic N) is 1. The molecule has 3 aromatic rings. The molecule has 1 N–H and O–H groups in total. The molecule has 0 amide bonds. The molecule has 1 fully saturated rings. The van der Waals surface area contributed by atoms with Crippen molar-refractivity contribution in [2.75, 3.05) is 33.3 Å². The van der Waals surface area contributed by atoms with Gasteiger partial charge in [0.2, 0.25) is 0 Å². The molecular formula is C22H26N2O5S. The Hall–Kier alpha value is -2.55. The average Bonchev–Trinajstić information content (AvgIpc) is 3.05. The zero-order valence-corrected chi connectivity index (χ0v) is 18.0. The fourth-order valence-electron chi connectivity index (χ4n) is 3.70. The predicted octanol–water partition coefficient (Wildman–Crippen LogP) is 3.31. The van der Waals surface area contributed by atoms with Crippen LogP contribution in [0.5, 0.6) is 11.5 Å². The van der Waals surface area contributed by atoms with E-state index in [9.17, 15) is 8.42 Å². The highest BCUT2D eigenvalue weighted by molar-refractivity contribution is 7.87.